The van der Waals surface area contributed by atoms with Crippen molar-refractivity contribution in [2.75, 3.05) is 51.7 Å². The number of hydrogen-bond acceptors (Lipinski definition) is 6. The molecule has 168 valence electrons. The van der Waals surface area contributed by atoms with Crippen LogP contribution in [0.1, 0.15) is 28.2 Å². The highest BCUT2D eigenvalue weighted by Gasteiger charge is 2.22. The van der Waals surface area contributed by atoms with Gasteiger partial charge in [-0.3, -0.25) is 9.69 Å². The molecule has 2 aromatic carbocycles. The molecule has 1 amide bonds. The molecule has 32 heavy (non-hydrogen) atoms. The number of aromatic nitrogens is 2. The Kier molecular flexibility index (Phi) is 6.85. The van der Waals surface area contributed by atoms with Crippen LogP contribution >= 0.6 is 0 Å². The van der Waals surface area contributed by atoms with Crippen molar-refractivity contribution >= 4 is 11.6 Å². The summed E-state index contributed by atoms with van der Waals surface area (Å²) in [7, 11) is 3.97. The molecule has 0 bridgehead atoms. The molecule has 1 aromatic heterocycles. The van der Waals surface area contributed by atoms with E-state index in [1.165, 1.54) is 5.56 Å². The first kappa shape index (κ1) is 22.0. The number of amides is 1. The predicted molar refractivity (Wildman–Crippen MR) is 126 cm³/mol. The molecule has 0 saturated carbocycles. The maximum Gasteiger partial charge on any atom is 0.254 e. The quantitative estimate of drug-likeness (QED) is 0.568. The molecular formula is C25H31N5O2. The Hall–Kier alpha value is -3.19. The zero-order valence-corrected chi connectivity index (χ0v) is 19.1. The Labute approximate surface area is 189 Å². The number of rotatable bonds is 7. The molecule has 0 radical (unpaired) electrons. The van der Waals surface area contributed by atoms with E-state index >= 15 is 0 Å². The molecular weight excluding hydrogens is 402 g/mol. The van der Waals surface area contributed by atoms with Gasteiger partial charge in [0.2, 0.25) is 11.7 Å². The minimum atomic E-state index is 0.114. The summed E-state index contributed by atoms with van der Waals surface area (Å²) in [5, 5.41) is 4.11. The summed E-state index contributed by atoms with van der Waals surface area (Å²) in [5.74, 6) is 1.43. The van der Waals surface area contributed by atoms with Crippen LogP contribution in [0, 0.1) is 6.92 Å². The molecule has 0 unspecified atom stereocenters. The highest BCUT2D eigenvalue weighted by molar-refractivity contribution is 5.95. The van der Waals surface area contributed by atoms with E-state index in [1.807, 2.05) is 60.3 Å². The number of carbonyl (C=O) groups is 1. The van der Waals surface area contributed by atoms with Gasteiger partial charge in [-0.25, -0.2) is 0 Å². The molecule has 3 aromatic rings. The van der Waals surface area contributed by atoms with Gasteiger partial charge in [0.25, 0.3) is 5.91 Å². The summed E-state index contributed by atoms with van der Waals surface area (Å²) >= 11 is 0. The maximum absolute atomic E-state index is 12.9. The number of piperazine rings is 1. The minimum absolute atomic E-state index is 0.114. The molecule has 0 aliphatic carbocycles. The Morgan fingerprint density at radius 3 is 2.53 bits per heavy atom. The second-order valence-electron chi connectivity index (χ2n) is 8.56. The van der Waals surface area contributed by atoms with Gasteiger partial charge in [-0.05, 0) is 38.1 Å². The Morgan fingerprint density at radius 1 is 1.06 bits per heavy atom. The van der Waals surface area contributed by atoms with Crippen molar-refractivity contribution in [2.24, 2.45) is 0 Å². The monoisotopic (exact) mass is 433 g/mol. The summed E-state index contributed by atoms with van der Waals surface area (Å²) < 4.78 is 5.43. The second kappa shape index (κ2) is 9.96. The Balaban J connectivity index is 1.22. The minimum Gasteiger partial charge on any atom is -0.378 e. The van der Waals surface area contributed by atoms with Gasteiger partial charge in [0.05, 0.1) is 0 Å². The lowest BCUT2D eigenvalue weighted by molar-refractivity contribution is 0.0635. The first-order chi connectivity index (χ1) is 15.5. The molecule has 7 heteroatoms. The van der Waals surface area contributed by atoms with Crippen LogP contribution in [0.15, 0.2) is 53.1 Å². The molecule has 7 nitrogen and oxygen atoms in total. The van der Waals surface area contributed by atoms with Crippen molar-refractivity contribution in [1.29, 1.82) is 0 Å². The molecule has 0 spiro atoms. The van der Waals surface area contributed by atoms with Gasteiger partial charge in [-0.2, -0.15) is 4.98 Å². The van der Waals surface area contributed by atoms with Gasteiger partial charge in [0.15, 0.2) is 0 Å². The summed E-state index contributed by atoms with van der Waals surface area (Å²) in [6.45, 7) is 6.30. The number of benzene rings is 2. The molecule has 1 fully saturated rings. The second-order valence-corrected chi connectivity index (χ2v) is 8.56. The van der Waals surface area contributed by atoms with E-state index in [-0.39, 0.29) is 5.91 Å². The van der Waals surface area contributed by atoms with Gasteiger partial charge in [0, 0.05) is 63.5 Å². The van der Waals surface area contributed by atoms with E-state index in [0.717, 1.165) is 62.4 Å². The van der Waals surface area contributed by atoms with E-state index in [2.05, 4.69) is 34.1 Å². The highest BCUT2D eigenvalue weighted by Crippen LogP contribution is 2.18. The lowest BCUT2D eigenvalue weighted by Crippen LogP contribution is -2.48. The van der Waals surface area contributed by atoms with E-state index in [4.69, 9.17) is 4.52 Å². The molecule has 2 heterocycles. The van der Waals surface area contributed by atoms with Crippen LogP contribution in [-0.2, 0) is 6.42 Å². The summed E-state index contributed by atoms with van der Waals surface area (Å²) in [6, 6.07) is 16.0. The number of nitrogens with zero attached hydrogens (tertiary/aromatic N) is 5. The van der Waals surface area contributed by atoms with Gasteiger partial charge in [-0.15, -0.1) is 0 Å². The van der Waals surface area contributed by atoms with Crippen LogP contribution < -0.4 is 4.90 Å². The maximum atomic E-state index is 12.9. The van der Waals surface area contributed by atoms with Crippen LogP contribution in [0.5, 0.6) is 0 Å². The van der Waals surface area contributed by atoms with Crippen molar-refractivity contribution in [1.82, 2.24) is 19.9 Å². The SMILES string of the molecule is Cc1ccc(-c2noc(CCCN3CCN(C(=O)c4cccc(N(C)C)c4)CC3)n2)cc1. The van der Waals surface area contributed by atoms with Crippen LogP contribution in [0.25, 0.3) is 11.4 Å². The standard InChI is InChI=1S/C25H31N5O2/c1-19-9-11-20(12-10-19)24-26-23(32-27-24)8-5-13-29-14-16-30(17-15-29)25(31)21-6-4-7-22(18-21)28(2)3/h4,6-7,9-12,18H,5,8,13-17H2,1-3H3. The first-order valence-corrected chi connectivity index (χ1v) is 11.2. The van der Waals surface area contributed by atoms with Crippen LogP contribution in [0.4, 0.5) is 5.69 Å². The first-order valence-electron chi connectivity index (χ1n) is 11.2. The molecule has 0 atom stereocenters. The average Bonchev–Trinajstić information content (AvgIpc) is 3.28. The molecule has 4 rings (SSSR count). The number of anilines is 1. The average molecular weight is 434 g/mol. The van der Waals surface area contributed by atoms with Crippen LogP contribution in [0.3, 0.4) is 0 Å². The lowest BCUT2D eigenvalue weighted by Gasteiger charge is -2.34. The van der Waals surface area contributed by atoms with E-state index in [0.29, 0.717) is 11.7 Å². The van der Waals surface area contributed by atoms with Crippen molar-refractivity contribution in [3.05, 3.63) is 65.5 Å². The fourth-order valence-electron chi connectivity index (χ4n) is 3.90. The van der Waals surface area contributed by atoms with Crippen molar-refractivity contribution in [3.8, 4) is 11.4 Å². The molecule has 0 N–H and O–H groups in total. The summed E-state index contributed by atoms with van der Waals surface area (Å²) in [6.07, 6.45) is 1.71. The third-order valence-corrected chi connectivity index (χ3v) is 5.91. The van der Waals surface area contributed by atoms with E-state index < -0.39 is 0 Å². The largest absolute Gasteiger partial charge is 0.378 e. The number of aryl methyl sites for hydroxylation is 2. The van der Waals surface area contributed by atoms with Crippen LogP contribution in [0.2, 0.25) is 0 Å². The predicted octanol–water partition coefficient (Wildman–Crippen LogP) is 3.50. The highest BCUT2D eigenvalue weighted by atomic mass is 16.5. The van der Waals surface area contributed by atoms with Crippen LogP contribution in [-0.4, -0.2) is 72.7 Å². The van der Waals surface area contributed by atoms with Gasteiger partial charge >= 0.3 is 0 Å². The van der Waals surface area contributed by atoms with E-state index in [1.54, 1.807) is 0 Å². The third kappa shape index (κ3) is 5.34. The van der Waals surface area contributed by atoms with Gasteiger partial charge in [0.1, 0.15) is 0 Å². The van der Waals surface area contributed by atoms with E-state index in [9.17, 15) is 4.79 Å². The lowest BCUT2D eigenvalue weighted by atomic mass is 10.1. The third-order valence-electron chi connectivity index (χ3n) is 5.91. The summed E-state index contributed by atoms with van der Waals surface area (Å²) in [4.78, 5) is 23.8. The fraction of sp³-hybridized carbons (Fsp3) is 0.400. The normalized spacial score (nSPS) is 14.5. The zero-order valence-electron chi connectivity index (χ0n) is 19.1. The molecule has 1 aliphatic heterocycles. The zero-order chi connectivity index (χ0) is 22.5. The van der Waals surface area contributed by atoms with Crippen molar-refractivity contribution < 1.29 is 9.32 Å². The Morgan fingerprint density at radius 2 is 1.81 bits per heavy atom. The number of hydrogen-bond donors (Lipinski definition) is 0. The van der Waals surface area contributed by atoms with Gasteiger partial charge in [-0.1, -0.05) is 41.1 Å². The topological polar surface area (TPSA) is 65.7 Å². The smallest absolute Gasteiger partial charge is 0.254 e. The molecule has 1 aliphatic rings. The molecule has 1 saturated heterocycles. The Bertz CT molecular complexity index is 1040. The van der Waals surface area contributed by atoms with Gasteiger partial charge < -0.3 is 14.3 Å². The summed E-state index contributed by atoms with van der Waals surface area (Å²) in [5.41, 5.74) is 3.98. The number of carbonyl (C=O) groups excluding carboxylic acids is 1. The van der Waals surface area contributed by atoms with Crippen molar-refractivity contribution in [2.45, 2.75) is 19.8 Å². The fourth-order valence-corrected chi connectivity index (χ4v) is 3.90. The van der Waals surface area contributed by atoms with Crippen molar-refractivity contribution in [3.63, 3.8) is 0 Å².